The molecule has 6 heteroatoms. The maximum Gasteiger partial charge on any atom is 0.416 e. The van der Waals surface area contributed by atoms with Crippen molar-refractivity contribution in [2.75, 3.05) is 37.8 Å². The number of nitrogens with two attached hydrogens (primary N) is 1. The number of anilines is 2. The second kappa shape index (κ2) is 7.02. The summed E-state index contributed by atoms with van der Waals surface area (Å²) >= 11 is 0. The first kappa shape index (κ1) is 17.6. The molecule has 1 aromatic rings. The largest absolute Gasteiger partial charge is 0.416 e. The normalized spacial score (nSPS) is 13.5. The van der Waals surface area contributed by atoms with Crippen molar-refractivity contribution in [3.05, 3.63) is 23.8 Å². The van der Waals surface area contributed by atoms with E-state index >= 15 is 0 Å². The Morgan fingerprint density at radius 3 is 2.33 bits per heavy atom. The summed E-state index contributed by atoms with van der Waals surface area (Å²) in [4.78, 5) is 4.11. The minimum atomic E-state index is -4.36. The summed E-state index contributed by atoms with van der Waals surface area (Å²) in [6.45, 7) is 5.95. The Kier molecular flexibility index (Phi) is 5.89. The van der Waals surface area contributed by atoms with Crippen LogP contribution in [0.5, 0.6) is 0 Å². The van der Waals surface area contributed by atoms with E-state index in [1.807, 2.05) is 25.9 Å². The summed E-state index contributed by atoms with van der Waals surface area (Å²) in [7, 11) is 3.88. The quantitative estimate of drug-likeness (QED) is 0.817. The third-order valence-corrected chi connectivity index (χ3v) is 3.58. The number of nitrogen functional groups attached to an aromatic ring is 1. The Morgan fingerprint density at radius 2 is 1.86 bits per heavy atom. The molecule has 0 aromatic heterocycles. The van der Waals surface area contributed by atoms with Crippen molar-refractivity contribution >= 4 is 11.4 Å². The molecule has 1 rings (SSSR count). The van der Waals surface area contributed by atoms with Crippen LogP contribution in [-0.2, 0) is 6.18 Å². The number of likely N-dealkylation sites (N-methyl/N-ethyl adjacent to an activating group) is 2. The van der Waals surface area contributed by atoms with Crippen LogP contribution in [0, 0.1) is 0 Å². The fourth-order valence-corrected chi connectivity index (χ4v) is 2.34. The Hall–Kier alpha value is -1.43. The maximum atomic E-state index is 12.6. The van der Waals surface area contributed by atoms with Crippen molar-refractivity contribution in [2.24, 2.45) is 0 Å². The monoisotopic (exact) mass is 303 g/mol. The predicted molar refractivity (Wildman–Crippen MR) is 81.5 cm³/mol. The van der Waals surface area contributed by atoms with Crippen LogP contribution in [0.4, 0.5) is 24.5 Å². The van der Waals surface area contributed by atoms with Gasteiger partial charge in [-0.25, -0.2) is 0 Å². The van der Waals surface area contributed by atoms with Crippen molar-refractivity contribution in [2.45, 2.75) is 32.5 Å². The summed E-state index contributed by atoms with van der Waals surface area (Å²) in [5.74, 6) is 0. The molecule has 2 N–H and O–H groups in total. The summed E-state index contributed by atoms with van der Waals surface area (Å²) in [5.41, 5.74) is 5.85. The maximum absolute atomic E-state index is 12.6. The molecule has 0 spiro atoms. The van der Waals surface area contributed by atoms with Gasteiger partial charge in [0.1, 0.15) is 0 Å². The molecule has 0 fully saturated rings. The molecular formula is C15H24F3N3. The lowest BCUT2D eigenvalue weighted by Crippen LogP contribution is -2.39. The second-order valence-electron chi connectivity index (χ2n) is 5.49. The van der Waals surface area contributed by atoms with E-state index in [-0.39, 0.29) is 11.7 Å². The number of alkyl halides is 3. The van der Waals surface area contributed by atoms with E-state index in [0.717, 1.165) is 31.6 Å². The van der Waals surface area contributed by atoms with Gasteiger partial charge in [0.05, 0.1) is 16.9 Å². The highest BCUT2D eigenvalue weighted by molar-refractivity contribution is 5.68. The Balaban J connectivity index is 2.85. The number of nitrogens with zero attached hydrogens (tertiary/aromatic N) is 2. The van der Waals surface area contributed by atoms with E-state index in [4.69, 9.17) is 5.73 Å². The average molecular weight is 303 g/mol. The van der Waals surface area contributed by atoms with Gasteiger partial charge in [-0.2, -0.15) is 13.2 Å². The van der Waals surface area contributed by atoms with Gasteiger partial charge in [-0.05, 0) is 45.1 Å². The third-order valence-electron chi connectivity index (χ3n) is 3.58. The van der Waals surface area contributed by atoms with E-state index in [9.17, 15) is 13.2 Å². The molecule has 0 saturated heterocycles. The number of halogens is 3. The van der Waals surface area contributed by atoms with Gasteiger partial charge in [0.2, 0.25) is 0 Å². The number of hydrogen-bond acceptors (Lipinski definition) is 3. The minimum Gasteiger partial charge on any atom is -0.397 e. The van der Waals surface area contributed by atoms with E-state index < -0.39 is 11.7 Å². The van der Waals surface area contributed by atoms with Crippen molar-refractivity contribution in [3.63, 3.8) is 0 Å². The third kappa shape index (κ3) is 4.81. The minimum absolute atomic E-state index is 0.150. The molecule has 3 nitrogen and oxygen atoms in total. The molecule has 1 aromatic carbocycles. The van der Waals surface area contributed by atoms with Crippen LogP contribution in [0.3, 0.4) is 0 Å². The van der Waals surface area contributed by atoms with Gasteiger partial charge < -0.3 is 15.5 Å². The van der Waals surface area contributed by atoms with Crippen LogP contribution in [0.25, 0.3) is 0 Å². The fraction of sp³-hybridized carbons (Fsp3) is 0.600. The molecule has 0 aliphatic heterocycles. The first-order valence-corrected chi connectivity index (χ1v) is 7.05. The van der Waals surface area contributed by atoms with E-state index in [1.54, 1.807) is 0 Å². The highest BCUT2D eigenvalue weighted by Crippen LogP contribution is 2.34. The molecule has 0 saturated carbocycles. The SMILES string of the molecule is CCCN(C)CC(C)N(C)c1ccc(C(F)(F)F)cc1N. The van der Waals surface area contributed by atoms with E-state index in [2.05, 4.69) is 11.8 Å². The smallest absolute Gasteiger partial charge is 0.397 e. The van der Waals surface area contributed by atoms with Gasteiger partial charge >= 0.3 is 6.18 Å². The van der Waals surface area contributed by atoms with Gasteiger partial charge in [0, 0.05) is 19.6 Å². The van der Waals surface area contributed by atoms with E-state index in [0.29, 0.717) is 5.69 Å². The Bertz CT molecular complexity index is 460. The van der Waals surface area contributed by atoms with Crippen LogP contribution >= 0.6 is 0 Å². The highest BCUT2D eigenvalue weighted by Gasteiger charge is 2.31. The van der Waals surface area contributed by atoms with E-state index in [1.165, 1.54) is 6.07 Å². The molecule has 0 bridgehead atoms. The van der Waals surface area contributed by atoms with Gasteiger partial charge in [-0.1, -0.05) is 6.92 Å². The first-order chi connectivity index (χ1) is 9.66. The predicted octanol–water partition coefficient (Wildman–Crippen LogP) is 3.45. The average Bonchev–Trinajstić information content (AvgIpc) is 2.36. The fourth-order valence-electron chi connectivity index (χ4n) is 2.34. The highest BCUT2D eigenvalue weighted by atomic mass is 19.4. The van der Waals surface area contributed by atoms with Gasteiger partial charge in [-0.15, -0.1) is 0 Å². The van der Waals surface area contributed by atoms with Crippen LogP contribution < -0.4 is 10.6 Å². The van der Waals surface area contributed by atoms with Crippen LogP contribution in [-0.4, -0.2) is 38.1 Å². The Labute approximate surface area is 124 Å². The van der Waals surface area contributed by atoms with Crippen LogP contribution in [0.15, 0.2) is 18.2 Å². The lowest BCUT2D eigenvalue weighted by Gasteiger charge is -2.31. The van der Waals surface area contributed by atoms with Gasteiger partial charge in [0.25, 0.3) is 0 Å². The molecule has 1 unspecified atom stereocenters. The number of rotatable bonds is 6. The lowest BCUT2D eigenvalue weighted by atomic mass is 10.1. The van der Waals surface area contributed by atoms with Gasteiger partial charge in [-0.3, -0.25) is 0 Å². The standard InChI is InChI=1S/C15H24F3N3/c1-5-8-20(3)10-11(2)21(4)14-7-6-12(9-13(14)19)15(16,17)18/h6-7,9,11H,5,8,10,19H2,1-4H3. The lowest BCUT2D eigenvalue weighted by molar-refractivity contribution is -0.137. The van der Waals surface area contributed by atoms with Crippen molar-refractivity contribution < 1.29 is 13.2 Å². The molecule has 0 aliphatic carbocycles. The van der Waals surface area contributed by atoms with Crippen LogP contribution in [0.1, 0.15) is 25.8 Å². The molecule has 0 amide bonds. The molecule has 0 aliphatic rings. The first-order valence-electron chi connectivity index (χ1n) is 7.05. The summed E-state index contributed by atoms with van der Waals surface area (Å²) in [6.07, 6.45) is -3.30. The topological polar surface area (TPSA) is 32.5 Å². The summed E-state index contributed by atoms with van der Waals surface area (Å²) in [6, 6.07) is 3.66. The molecule has 0 heterocycles. The summed E-state index contributed by atoms with van der Waals surface area (Å²) < 4.78 is 37.9. The summed E-state index contributed by atoms with van der Waals surface area (Å²) in [5, 5.41) is 0. The zero-order chi connectivity index (χ0) is 16.2. The zero-order valence-electron chi connectivity index (χ0n) is 13.0. The number of benzene rings is 1. The molecular weight excluding hydrogens is 279 g/mol. The number of hydrogen-bond donors (Lipinski definition) is 1. The van der Waals surface area contributed by atoms with Crippen molar-refractivity contribution in [1.82, 2.24) is 4.90 Å². The van der Waals surface area contributed by atoms with Crippen molar-refractivity contribution in [3.8, 4) is 0 Å². The Morgan fingerprint density at radius 1 is 1.24 bits per heavy atom. The second-order valence-corrected chi connectivity index (χ2v) is 5.49. The van der Waals surface area contributed by atoms with Crippen molar-refractivity contribution in [1.29, 1.82) is 0 Å². The van der Waals surface area contributed by atoms with Gasteiger partial charge in [0.15, 0.2) is 0 Å². The van der Waals surface area contributed by atoms with Crippen LogP contribution in [0.2, 0.25) is 0 Å². The molecule has 0 radical (unpaired) electrons. The molecule has 21 heavy (non-hydrogen) atoms. The molecule has 1 atom stereocenters. The zero-order valence-corrected chi connectivity index (χ0v) is 13.0. The molecule has 120 valence electrons.